The molecule has 1 N–H and O–H groups in total. The zero-order valence-corrected chi connectivity index (χ0v) is 17.6. The molecule has 5 heteroatoms. The standard InChI is InChI=1S/C23H30N2O2S/c1-18(28-22-6-4-3-5-7-22)23(26)24-16-19-12-14-25(15-13-19)17-20-8-10-21(27-2)11-9-20/h3-11,18-19H,12-17H2,1-2H3,(H,24,26). The summed E-state index contributed by atoms with van der Waals surface area (Å²) in [4.78, 5) is 16.0. The highest BCUT2D eigenvalue weighted by Crippen LogP contribution is 2.23. The third-order valence-corrected chi connectivity index (χ3v) is 6.37. The Morgan fingerprint density at radius 3 is 2.46 bits per heavy atom. The molecule has 2 aromatic carbocycles. The van der Waals surface area contributed by atoms with Gasteiger partial charge in [-0.2, -0.15) is 0 Å². The maximum Gasteiger partial charge on any atom is 0.233 e. The van der Waals surface area contributed by atoms with Crippen molar-refractivity contribution in [2.75, 3.05) is 26.7 Å². The number of piperidine rings is 1. The van der Waals surface area contributed by atoms with Crippen molar-refractivity contribution < 1.29 is 9.53 Å². The van der Waals surface area contributed by atoms with Crippen molar-refractivity contribution in [3.63, 3.8) is 0 Å². The molecule has 4 nitrogen and oxygen atoms in total. The number of hydrogen-bond donors (Lipinski definition) is 1. The van der Waals surface area contributed by atoms with Gasteiger partial charge in [-0.1, -0.05) is 30.3 Å². The maximum absolute atomic E-state index is 12.4. The topological polar surface area (TPSA) is 41.6 Å². The van der Waals surface area contributed by atoms with Crippen molar-refractivity contribution >= 4 is 17.7 Å². The Hall–Kier alpha value is -1.98. The van der Waals surface area contributed by atoms with E-state index in [1.54, 1.807) is 18.9 Å². The molecule has 0 radical (unpaired) electrons. The van der Waals surface area contributed by atoms with Crippen molar-refractivity contribution in [1.82, 2.24) is 10.2 Å². The van der Waals surface area contributed by atoms with E-state index >= 15 is 0 Å². The van der Waals surface area contributed by atoms with Gasteiger partial charge in [0.2, 0.25) is 5.91 Å². The van der Waals surface area contributed by atoms with E-state index in [1.807, 2.05) is 49.4 Å². The number of amides is 1. The number of benzene rings is 2. The largest absolute Gasteiger partial charge is 0.497 e. The fourth-order valence-electron chi connectivity index (χ4n) is 3.48. The van der Waals surface area contributed by atoms with E-state index in [0.29, 0.717) is 5.92 Å². The summed E-state index contributed by atoms with van der Waals surface area (Å²) in [7, 11) is 1.69. The van der Waals surface area contributed by atoms with Gasteiger partial charge in [0.1, 0.15) is 5.75 Å². The van der Waals surface area contributed by atoms with Crippen LogP contribution in [-0.2, 0) is 11.3 Å². The number of likely N-dealkylation sites (tertiary alicyclic amines) is 1. The van der Waals surface area contributed by atoms with Gasteiger partial charge < -0.3 is 10.1 Å². The number of methoxy groups -OCH3 is 1. The van der Waals surface area contributed by atoms with E-state index in [0.717, 1.165) is 49.7 Å². The molecule has 1 aliphatic heterocycles. The zero-order valence-electron chi connectivity index (χ0n) is 16.8. The van der Waals surface area contributed by atoms with E-state index in [1.165, 1.54) is 5.56 Å². The number of thioether (sulfide) groups is 1. The maximum atomic E-state index is 12.4. The molecule has 0 spiro atoms. The molecule has 0 aliphatic carbocycles. The van der Waals surface area contributed by atoms with Crippen LogP contribution in [0.2, 0.25) is 0 Å². The van der Waals surface area contributed by atoms with Gasteiger partial charge in [0.25, 0.3) is 0 Å². The summed E-state index contributed by atoms with van der Waals surface area (Å²) >= 11 is 1.61. The Morgan fingerprint density at radius 2 is 1.82 bits per heavy atom. The fraction of sp³-hybridized carbons (Fsp3) is 0.435. The number of ether oxygens (including phenoxy) is 1. The van der Waals surface area contributed by atoms with Crippen molar-refractivity contribution in [2.45, 2.75) is 36.5 Å². The molecule has 28 heavy (non-hydrogen) atoms. The SMILES string of the molecule is COc1ccc(CN2CCC(CNC(=O)C(C)Sc3ccccc3)CC2)cc1. The van der Waals surface area contributed by atoms with Gasteiger partial charge in [-0.15, -0.1) is 11.8 Å². The molecule has 1 atom stereocenters. The van der Waals surface area contributed by atoms with Crippen LogP contribution in [-0.4, -0.2) is 42.8 Å². The molecule has 0 bridgehead atoms. The van der Waals surface area contributed by atoms with Gasteiger partial charge in [-0.25, -0.2) is 0 Å². The molecular weight excluding hydrogens is 368 g/mol. The second kappa shape index (κ2) is 10.5. The van der Waals surface area contributed by atoms with E-state index in [9.17, 15) is 4.79 Å². The average Bonchev–Trinajstić information content (AvgIpc) is 2.74. The Morgan fingerprint density at radius 1 is 1.14 bits per heavy atom. The molecule has 0 saturated carbocycles. The summed E-state index contributed by atoms with van der Waals surface area (Å²) in [5.41, 5.74) is 1.32. The van der Waals surface area contributed by atoms with Gasteiger partial charge in [-0.05, 0) is 68.6 Å². The number of nitrogens with zero attached hydrogens (tertiary/aromatic N) is 1. The number of hydrogen-bond acceptors (Lipinski definition) is 4. The number of carbonyl (C=O) groups is 1. The highest BCUT2D eigenvalue weighted by atomic mass is 32.2. The second-order valence-electron chi connectivity index (χ2n) is 7.39. The van der Waals surface area contributed by atoms with Gasteiger partial charge in [0.05, 0.1) is 12.4 Å². The van der Waals surface area contributed by atoms with Crippen LogP contribution in [0, 0.1) is 5.92 Å². The van der Waals surface area contributed by atoms with Crippen LogP contribution >= 0.6 is 11.8 Å². The van der Waals surface area contributed by atoms with Crippen LogP contribution in [0.3, 0.4) is 0 Å². The van der Waals surface area contributed by atoms with Crippen LogP contribution in [0.4, 0.5) is 0 Å². The van der Waals surface area contributed by atoms with Crippen LogP contribution < -0.4 is 10.1 Å². The minimum Gasteiger partial charge on any atom is -0.497 e. The zero-order chi connectivity index (χ0) is 19.8. The van der Waals surface area contributed by atoms with E-state index in [4.69, 9.17) is 4.74 Å². The summed E-state index contributed by atoms with van der Waals surface area (Å²) in [6.07, 6.45) is 2.27. The highest BCUT2D eigenvalue weighted by Gasteiger charge is 2.21. The first kappa shape index (κ1) is 20.7. The molecule has 1 unspecified atom stereocenters. The van der Waals surface area contributed by atoms with E-state index < -0.39 is 0 Å². The molecule has 1 amide bonds. The normalized spacial score (nSPS) is 16.5. The van der Waals surface area contributed by atoms with Crippen molar-refractivity contribution in [3.05, 3.63) is 60.2 Å². The second-order valence-corrected chi connectivity index (χ2v) is 8.80. The third kappa shape index (κ3) is 6.28. The van der Waals surface area contributed by atoms with Crippen molar-refractivity contribution in [2.24, 2.45) is 5.92 Å². The summed E-state index contributed by atoms with van der Waals surface area (Å²) in [6.45, 7) is 5.91. The Labute approximate surface area is 172 Å². The van der Waals surface area contributed by atoms with Crippen molar-refractivity contribution in [3.8, 4) is 5.75 Å². The monoisotopic (exact) mass is 398 g/mol. The molecule has 1 saturated heterocycles. The van der Waals surface area contributed by atoms with Gasteiger partial charge >= 0.3 is 0 Å². The minimum absolute atomic E-state index is 0.0717. The average molecular weight is 399 g/mol. The van der Waals surface area contributed by atoms with Gasteiger partial charge in [0.15, 0.2) is 0 Å². The summed E-state index contributed by atoms with van der Waals surface area (Å²) in [5, 5.41) is 3.09. The Kier molecular flexibility index (Phi) is 7.80. The lowest BCUT2D eigenvalue weighted by atomic mass is 9.96. The molecule has 0 aromatic heterocycles. The summed E-state index contributed by atoms with van der Waals surface area (Å²) in [5.74, 6) is 1.61. The number of carbonyl (C=O) groups excluding carboxylic acids is 1. The first-order chi connectivity index (χ1) is 13.6. The Balaban J connectivity index is 1.36. The van der Waals surface area contributed by atoms with E-state index in [2.05, 4.69) is 22.3 Å². The van der Waals surface area contributed by atoms with Gasteiger partial charge in [0, 0.05) is 18.0 Å². The smallest absolute Gasteiger partial charge is 0.233 e. The molecule has 2 aromatic rings. The number of nitrogens with one attached hydrogen (secondary N) is 1. The predicted octanol–water partition coefficient (Wildman–Crippen LogP) is 4.20. The van der Waals surface area contributed by atoms with Crippen LogP contribution in [0.15, 0.2) is 59.5 Å². The summed E-state index contributed by atoms with van der Waals surface area (Å²) in [6, 6.07) is 18.4. The molecule has 1 aliphatic rings. The van der Waals surface area contributed by atoms with E-state index in [-0.39, 0.29) is 11.2 Å². The molecule has 1 fully saturated rings. The Bertz CT molecular complexity index is 728. The first-order valence-corrected chi connectivity index (χ1v) is 10.9. The molecule has 3 rings (SSSR count). The van der Waals surface area contributed by atoms with Crippen LogP contribution in [0.5, 0.6) is 5.75 Å². The minimum atomic E-state index is -0.0717. The lowest BCUT2D eigenvalue weighted by Crippen LogP contribution is -2.40. The van der Waals surface area contributed by atoms with Crippen LogP contribution in [0.1, 0.15) is 25.3 Å². The lowest BCUT2D eigenvalue weighted by Gasteiger charge is -2.32. The molecular formula is C23H30N2O2S. The summed E-state index contributed by atoms with van der Waals surface area (Å²) < 4.78 is 5.22. The van der Waals surface area contributed by atoms with Crippen molar-refractivity contribution in [1.29, 1.82) is 0 Å². The number of rotatable bonds is 8. The highest BCUT2D eigenvalue weighted by molar-refractivity contribution is 8.00. The third-order valence-electron chi connectivity index (χ3n) is 5.26. The molecule has 1 heterocycles. The fourth-order valence-corrected chi connectivity index (χ4v) is 4.40. The molecule has 150 valence electrons. The first-order valence-electron chi connectivity index (χ1n) is 9.98. The van der Waals surface area contributed by atoms with Crippen LogP contribution in [0.25, 0.3) is 0 Å². The van der Waals surface area contributed by atoms with Gasteiger partial charge in [-0.3, -0.25) is 9.69 Å². The lowest BCUT2D eigenvalue weighted by molar-refractivity contribution is -0.120. The quantitative estimate of drug-likeness (QED) is 0.677. The predicted molar refractivity (Wildman–Crippen MR) is 116 cm³/mol.